The molecule has 0 unspecified atom stereocenters. The smallest absolute Gasteiger partial charge is 0.239 e. The molecule has 0 radical (unpaired) electrons. The Hall–Kier alpha value is -1.69. The highest BCUT2D eigenvalue weighted by Gasteiger charge is 2.16. The van der Waals surface area contributed by atoms with E-state index >= 15 is 0 Å². The van der Waals surface area contributed by atoms with Crippen molar-refractivity contribution in [2.45, 2.75) is 6.42 Å². The first kappa shape index (κ1) is 12.8. The van der Waals surface area contributed by atoms with Crippen LogP contribution in [0.4, 0.5) is 10.1 Å². The van der Waals surface area contributed by atoms with Gasteiger partial charge in [-0.1, -0.05) is 12.2 Å². The summed E-state index contributed by atoms with van der Waals surface area (Å²) >= 11 is 4.75. The summed E-state index contributed by atoms with van der Waals surface area (Å²) in [4.78, 5) is 13.3. The first-order valence-corrected chi connectivity index (χ1v) is 6.10. The summed E-state index contributed by atoms with van der Waals surface area (Å²) in [5.74, 6) is -0.504. The number of hydrogen-bond acceptors (Lipinski definition) is 3. The predicted molar refractivity (Wildman–Crippen MR) is 72.1 cm³/mol. The first-order valence-electron chi connectivity index (χ1n) is 5.69. The minimum Gasteiger partial charge on any atom is -0.389 e. The summed E-state index contributed by atoms with van der Waals surface area (Å²) in [7, 11) is 0. The third kappa shape index (κ3) is 2.76. The van der Waals surface area contributed by atoms with Gasteiger partial charge in [0, 0.05) is 24.3 Å². The largest absolute Gasteiger partial charge is 0.389 e. The van der Waals surface area contributed by atoms with Gasteiger partial charge in [-0.15, -0.1) is 0 Å². The maximum absolute atomic E-state index is 13.8. The Kier molecular flexibility index (Phi) is 3.76. The van der Waals surface area contributed by atoms with Gasteiger partial charge in [0.2, 0.25) is 5.91 Å². The second-order valence-electron chi connectivity index (χ2n) is 4.15. The van der Waals surface area contributed by atoms with E-state index < -0.39 is 5.82 Å². The molecule has 4 nitrogen and oxygen atoms in total. The van der Waals surface area contributed by atoms with Gasteiger partial charge in [0.25, 0.3) is 0 Å². The third-order valence-electron chi connectivity index (χ3n) is 2.84. The number of thiocarbonyl (C=S) groups is 1. The van der Waals surface area contributed by atoms with Crippen molar-refractivity contribution >= 4 is 28.8 Å². The van der Waals surface area contributed by atoms with Crippen LogP contribution in [0.15, 0.2) is 18.2 Å². The van der Waals surface area contributed by atoms with Crippen molar-refractivity contribution in [1.82, 2.24) is 5.32 Å². The van der Waals surface area contributed by atoms with Gasteiger partial charge in [-0.25, -0.2) is 4.39 Å². The molecule has 0 atom stereocenters. The molecule has 0 aliphatic carbocycles. The maximum atomic E-state index is 13.8. The number of amides is 1. The molecule has 0 spiro atoms. The van der Waals surface area contributed by atoms with Crippen LogP contribution < -0.4 is 16.0 Å². The first-order chi connectivity index (χ1) is 8.58. The Bertz CT molecular complexity index is 492. The number of benzene rings is 1. The average molecular weight is 267 g/mol. The number of hydrogen-bond donors (Lipinski definition) is 2. The molecule has 3 N–H and O–H groups in total. The number of carbonyl (C=O) groups excluding carboxylic acids is 1. The van der Waals surface area contributed by atoms with Gasteiger partial charge in [0.1, 0.15) is 10.8 Å². The van der Waals surface area contributed by atoms with Crippen LogP contribution >= 0.6 is 12.2 Å². The lowest BCUT2D eigenvalue weighted by Gasteiger charge is -2.21. The predicted octanol–water partition coefficient (Wildman–Crippen LogP) is 0.786. The summed E-state index contributed by atoms with van der Waals surface area (Å²) in [6.07, 6.45) is 0.838. The molecule has 2 rings (SSSR count). The average Bonchev–Trinajstić information content (AvgIpc) is 2.53. The molecule has 0 saturated carbocycles. The highest BCUT2D eigenvalue weighted by molar-refractivity contribution is 7.80. The van der Waals surface area contributed by atoms with Gasteiger partial charge in [-0.3, -0.25) is 4.79 Å². The van der Waals surface area contributed by atoms with Crippen LogP contribution in [0.25, 0.3) is 0 Å². The minimum absolute atomic E-state index is 0.0349. The van der Waals surface area contributed by atoms with E-state index in [1.54, 1.807) is 12.1 Å². The van der Waals surface area contributed by atoms with E-state index in [0.29, 0.717) is 18.8 Å². The summed E-state index contributed by atoms with van der Waals surface area (Å²) in [5.41, 5.74) is 6.30. The highest BCUT2D eigenvalue weighted by atomic mass is 32.1. The minimum atomic E-state index is -0.454. The monoisotopic (exact) mass is 267 g/mol. The van der Waals surface area contributed by atoms with Crippen LogP contribution in [-0.4, -0.2) is 30.5 Å². The molecule has 1 aliphatic rings. The fraction of sp³-hybridized carbons (Fsp3) is 0.333. The number of carbonyl (C=O) groups is 1. The molecular formula is C12H14FN3OS. The number of halogens is 1. The Morgan fingerprint density at radius 1 is 1.50 bits per heavy atom. The number of nitrogens with two attached hydrogens (primary N) is 1. The molecule has 1 saturated heterocycles. The van der Waals surface area contributed by atoms with E-state index in [2.05, 4.69) is 5.32 Å². The van der Waals surface area contributed by atoms with Crippen molar-refractivity contribution in [3.63, 3.8) is 0 Å². The molecule has 1 amide bonds. The Balaban J connectivity index is 2.25. The molecule has 0 bridgehead atoms. The normalized spacial score (nSPS) is 16.1. The maximum Gasteiger partial charge on any atom is 0.239 e. The standard InChI is InChI=1S/C12H14FN3OS/c13-10-6-8(2-3-9(10)12(14)18)16-5-1-4-15-11(17)7-16/h2-3,6H,1,4-5,7H2,(H2,14,18)(H,15,17). The molecule has 1 fully saturated rings. The number of anilines is 1. The fourth-order valence-corrected chi connectivity index (χ4v) is 2.09. The second-order valence-corrected chi connectivity index (χ2v) is 4.59. The van der Waals surface area contributed by atoms with Crippen molar-refractivity contribution in [3.8, 4) is 0 Å². The van der Waals surface area contributed by atoms with E-state index in [4.69, 9.17) is 18.0 Å². The molecule has 1 aromatic rings. The zero-order valence-electron chi connectivity index (χ0n) is 9.78. The van der Waals surface area contributed by atoms with Gasteiger partial charge in [-0.2, -0.15) is 0 Å². The molecule has 6 heteroatoms. The van der Waals surface area contributed by atoms with Crippen molar-refractivity contribution in [2.24, 2.45) is 5.73 Å². The van der Waals surface area contributed by atoms with Gasteiger partial charge in [0.15, 0.2) is 0 Å². The van der Waals surface area contributed by atoms with Gasteiger partial charge in [0.05, 0.1) is 6.54 Å². The van der Waals surface area contributed by atoms with E-state index in [1.165, 1.54) is 6.07 Å². The van der Waals surface area contributed by atoms with Crippen LogP contribution in [0.3, 0.4) is 0 Å². The number of nitrogens with one attached hydrogen (secondary N) is 1. The van der Waals surface area contributed by atoms with Crippen LogP contribution in [0.5, 0.6) is 0 Å². The summed E-state index contributed by atoms with van der Waals surface area (Å²) < 4.78 is 13.8. The Morgan fingerprint density at radius 3 is 2.94 bits per heavy atom. The molecule has 0 aromatic heterocycles. The van der Waals surface area contributed by atoms with Crippen LogP contribution in [0.1, 0.15) is 12.0 Å². The molecule has 96 valence electrons. The SMILES string of the molecule is NC(=S)c1ccc(N2CCCNC(=O)C2)cc1F. The molecule has 1 heterocycles. The lowest BCUT2D eigenvalue weighted by Crippen LogP contribution is -2.33. The lowest BCUT2D eigenvalue weighted by molar-refractivity contribution is -0.119. The summed E-state index contributed by atoms with van der Waals surface area (Å²) in [6.45, 7) is 1.61. The van der Waals surface area contributed by atoms with Gasteiger partial charge < -0.3 is 16.0 Å². The third-order valence-corrected chi connectivity index (χ3v) is 3.06. The van der Waals surface area contributed by atoms with Crippen molar-refractivity contribution < 1.29 is 9.18 Å². The zero-order valence-corrected chi connectivity index (χ0v) is 10.6. The summed E-state index contributed by atoms with van der Waals surface area (Å²) in [5, 5.41) is 2.77. The van der Waals surface area contributed by atoms with Crippen LogP contribution in [0, 0.1) is 5.82 Å². The fourth-order valence-electron chi connectivity index (χ4n) is 1.93. The van der Waals surface area contributed by atoms with Gasteiger partial charge in [-0.05, 0) is 24.6 Å². The van der Waals surface area contributed by atoms with E-state index in [-0.39, 0.29) is 23.0 Å². The quantitative estimate of drug-likeness (QED) is 0.778. The van der Waals surface area contributed by atoms with E-state index in [9.17, 15) is 9.18 Å². The van der Waals surface area contributed by atoms with Crippen molar-refractivity contribution in [2.75, 3.05) is 24.5 Å². The molecule has 1 aromatic carbocycles. The van der Waals surface area contributed by atoms with Crippen molar-refractivity contribution in [3.05, 3.63) is 29.6 Å². The van der Waals surface area contributed by atoms with E-state index in [0.717, 1.165) is 6.42 Å². The Morgan fingerprint density at radius 2 is 2.28 bits per heavy atom. The highest BCUT2D eigenvalue weighted by Crippen LogP contribution is 2.19. The van der Waals surface area contributed by atoms with Crippen LogP contribution in [-0.2, 0) is 4.79 Å². The Labute approximate surface area is 110 Å². The van der Waals surface area contributed by atoms with E-state index in [1.807, 2.05) is 4.90 Å². The number of nitrogens with zero attached hydrogens (tertiary/aromatic N) is 1. The zero-order chi connectivity index (χ0) is 13.1. The molecule has 1 aliphatic heterocycles. The lowest BCUT2D eigenvalue weighted by atomic mass is 10.1. The molecular weight excluding hydrogens is 253 g/mol. The second kappa shape index (κ2) is 5.30. The molecule has 18 heavy (non-hydrogen) atoms. The summed E-state index contributed by atoms with van der Waals surface area (Å²) in [6, 6.07) is 4.65. The van der Waals surface area contributed by atoms with Crippen molar-refractivity contribution in [1.29, 1.82) is 0 Å². The van der Waals surface area contributed by atoms with Crippen LogP contribution in [0.2, 0.25) is 0 Å². The topological polar surface area (TPSA) is 58.4 Å². The van der Waals surface area contributed by atoms with Gasteiger partial charge >= 0.3 is 0 Å². The number of rotatable bonds is 2.